The average Bonchev–Trinajstić information content (AvgIpc) is 2.44. The normalized spacial score (nSPS) is 12.5. The number of hydrogen-bond donors (Lipinski definition) is 3. The largest absolute Gasteiger partial charge is 1.00 e. The molecule has 0 aliphatic carbocycles. The van der Waals surface area contributed by atoms with Gasteiger partial charge >= 0.3 is 35.7 Å². The fraction of sp³-hybridized carbons (Fsp3) is 0.467. The molecule has 0 heterocycles. The molecule has 0 spiro atoms. The Kier molecular flexibility index (Phi) is 9.24. The van der Waals surface area contributed by atoms with Gasteiger partial charge in [0, 0.05) is 5.69 Å². The minimum atomic E-state index is -4.81. The molecule has 3 N–H and O–H groups in total. The molecule has 0 saturated carbocycles. The molecule has 0 fully saturated rings. The molecule has 0 bridgehead atoms. The SMILES string of the molecule is C[C@H](NC(=O)OC(C)(C)C)C(=O)Nc1ccc(CO)c(S(=O)(=O)[O-])c1.[Na+]. The van der Waals surface area contributed by atoms with Gasteiger partial charge in [0.15, 0.2) is 0 Å². The van der Waals surface area contributed by atoms with Gasteiger partial charge in [-0.15, -0.1) is 0 Å². The van der Waals surface area contributed by atoms with Crippen LogP contribution in [0.3, 0.4) is 0 Å². The Morgan fingerprint density at radius 1 is 1.31 bits per heavy atom. The van der Waals surface area contributed by atoms with E-state index in [2.05, 4.69) is 10.6 Å². The number of aliphatic hydroxyl groups excluding tert-OH is 1. The fourth-order valence-electron chi connectivity index (χ4n) is 1.80. The molecule has 0 radical (unpaired) electrons. The maximum atomic E-state index is 12.1. The summed E-state index contributed by atoms with van der Waals surface area (Å²) in [5.74, 6) is -0.642. The topological polar surface area (TPSA) is 145 Å². The van der Waals surface area contributed by atoms with E-state index in [1.54, 1.807) is 20.8 Å². The summed E-state index contributed by atoms with van der Waals surface area (Å²) in [7, 11) is -4.81. The van der Waals surface area contributed by atoms with Gasteiger partial charge in [-0.2, -0.15) is 0 Å². The number of carbonyl (C=O) groups is 2. The van der Waals surface area contributed by atoms with Crippen LogP contribution in [0.4, 0.5) is 10.5 Å². The van der Waals surface area contributed by atoms with Crippen LogP contribution in [0.2, 0.25) is 0 Å². The van der Waals surface area contributed by atoms with Gasteiger partial charge in [-0.1, -0.05) is 6.07 Å². The third-order valence-corrected chi connectivity index (χ3v) is 3.82. The first kappa shape index (κ1) is 24.8. The predicted molar refractivity (Wildman–Crippen MR) is 87.8 cm³/mol. The Hall–Kier alpha value is -1.17. The molecule has 140 valence electrons. The minimum absolute atomic E-state index is 0. The number of rotatable bonds is 5. The molecule has 0 aliphatic heterocycles. The van der Waals surface area contributed by atoms with E-state index in [4.69, 9.17) is 9.84 Å². The second-order valence-corrected chi connectivity index (χ2v) is 7.64. The molecule has 0 aliphatic rings. The van der Waals surface area contributed by atoms with Crippen LogP contribution in [-0.2, 0) is 26.3 Å². The van der Waals surface area contributed by atoms with E-state index in [1.165, 1.54) is 19.1 Å². The Labute approximate surface area is 174 Å². The van der Waals surface area contributed by atoms with Crippen molar-refractivity contribution >= 4 is 27.8 Å². The maximum absolute atomic E-state index is 12.1. The maximum Gasteiger partial charge on any atom is 1.00 e. The summed E-state index contributed by atoms with van der Waals surface area (Å²) in [5.41, 5.74) is -0.764. The molecule has 11 heteroatoms. The number of amides is 2. The van der Waals surface area contributed by atoms with E-state index in [0.29, 0.717) is 0 Å². The van der Waals surface area contributed by atoms with Crippen LogP contribution >= 0.6 is 0 Å². The zero-order chi connectivity index (χ0) is 19.4. The number of aliphatic hydroxyl groups is 1. The van der Waals surface area contributed by atoms with E-state index in [9.17, 15) is 22.6 Å². The summed E-state index contributed by atoms with van der Waals surface area (Å²) < 4.78 is 38.7. The van der Waals surface area contributed by atoms with E-state index in [-0.39, 0.29) is 40.8 Å². The Morgan fingerprint density at radius 3 is 2.35 bits per heavy atom. The van der Waals surface area contributed by atoms with Gasteiger partial charge < -0.3 is 25.0 Å². The molecule has 9 nitrogen and oxygen atoms in total. The number of carbonyl (C=O) groups excluding carboxylic acids is 2. The van der Waals surface area contributed by atoms with Gasteiger partial charge in [-0.05, 0) is 45.4 Å². The van der Waals surface area contributed by atoms with Crippen LogP contribution in [0.25, 0.3) is 0 Å². The third-order valence-electron chi connectivity index (χ3n) is 2.90. The van der Waals surface area contributed by atoms with Gasteiger partial charge in [0.05, 0.1) is 11.5 Å². The Balaban J connectivity index is 0.00000625. The number of alkyl carbamates (subject to hydrolysis) is 1. The molecular weight excluding hydrogens is 375 g/mol. The van der Waals surface area contributed by atoms with Crippen molar-refractivity contribution in [3.63, 3.8) is 0 Å². The van der Waals surface area contributed by atoms with Crippen molar-refractivity contribution in [1.29, 1.82) is 0 Å². The average molecular weight is 396 g/mol. The Morgan fingerprint density at radius 2 is 1.88 bits per heavy atom. The smallest absolute Gasteiger partial charge is 0.744 e. The molecule has 26 heavy (non-hydrogen) atoms. The van der Waals surface area contributed by atoms with Crippen molar-refractivity contribution in [2.45, 2.75) is 50.8 Å². The van der Waals surface area contributed by atoms with E-state index >= 15 is 0 Å². The van der Waals surface area contributed by atoms with Gasteiger partial charge in [0.1, 0.15) is 21.8 Å². The van der Waals surface area contributed by atoms with Gasteiger partial charge in [-0.25, -0.2) is 13.2 Å². The van der Waals surface area contributed by atoms with Gasteiger partial charge in [0.25, 0.3) is 0 Å². The van der Waals surface area contributed by atoms with Crippen molar-refractivity contribution in [3.8, 4) is 0 Å². The van der Waals surface area contributed by atoms with E-state index < -0.39 is 45.3 Å². The summed E-state index contributed by atoms with van der Waals surface area (Å²) in [6.07, 6.45) is -0.784. The second kappa shape index (κ2) is 9.67. The summed E-state index contributed by atoms with van der Waals surface area (Å²) in [4.78, 5) is 23.1. The Bertz CT molecular complexity index is 760. The number of nitrogens with one attached hydrogen (secondary N) is 2. The predicted octanol–water partition coefficient (Wildman–Crippen LogP) is -2.06. The molecule has 0 saturated heterocycles. The number of hydrogen-bond acceptors (Lipinski definition) is 7. The van der Waals surface area contributed by atoms with Crippen molar-refractivity contribution < 1.29 is 62.0 Å². The van der Waals surface area contributed by atoms with Crippen molar-refractivity contribution in [2.75, 3.05) is 5.32 Å². The van der Waals surface area contributed by atoms with Crippen LogP contribution in [0.5, 0.6) is 0 Å². The molecule has 1 aromatic rings. The fourth-order valence-corrected chi connectivity index (χ4v) is 2.52. The molecule has 0 aromatic heterocycles. The summed E-state index contributed by atoms with van der Waals surface area (Å²) in [6, 6.07) is 2.52. The van der Waals surface area contributed by atoms with E-state index in [1.807, 2.05) is 0 Å². The molecule has 1 rings (SSSR count). The number of benzene rings is 1. The third kappa shape index (κ3) is 8.02. The first-order valence-corrected chi connectivity index (χ1v) is 8.74. The molecular formula is C15H21N2NaO7S. The van der Waals surface area contributed by atoms with Crippen LogP contribution in [-0.4, -0.2) is 41.7 Å². The summed E-state index contributed by atoms with van der Waals surface area (Å²) in [5, 5.41) is 13.8. The van der Waals surface area contributed by atoms with Crippen LogP contribution < -0.4 is 40.2 Å². The number of ether oxygens (including phenoxy) is 1. The van der Waals surface area contributed by atoms with E-state index in [0.717, 1.165) is 6.07 Å². The zero-order valence-electron chi connectivity index (χ0n) is 15.3. The molecule has 0 unspecified atom stereocenters. The molecule has 2 amide bonds. The molecule has 1 aromatic carbocycles. The van der Waals surface area contributed by atoms with Crippen LogP contribution in [0.15, 0.2) is 23.1 Å². The first-order valence-electron chi connectivity index (χ1n) is 7.33. The van der Waals surface area contributed by atoms with Crippen LogP contribution in [0, 0.1) is 0 Å². The minimum Gasteiger partial charge on any atom is -0.744 e. The summed E-state index contributed by atoms with van der Waals surface area (Å²) in [6.45, 7) is 5.79. The van der Waals surface area contributed by atoms with Crippen molar-refractivity contribution in [2.24, 2.45) is 0 Å². The summed E-state index contributed by atoms with van der Waals surface area (Å²) >= 11 is 0. The van der Waals surface area contributed by atoms with Crippen molar-refractivity contribution in [3.05, 3.63) is 23.8 Å². The second-order valence-electron chi connectivity index (χ2n) is 6.29. The standard InChI is InChI=1S/C15H22N2O7S.Na/c1-9(16-14(20)24-15(2,3)4)13(19)17-11-6-5-10(8-18)12(7-11)25(21,22)23;/h5-7,9,18H,8H2,1-4H3,(H,16,20)(H,17,19)(H,21,22,23);/q;+1/p-1/t9-;/m0./s1. The van der Waals surface area contributed by atoms with Crippen molar-refractivity contribution in [1.82, 2.24) is 5.32 Å². The first-order chi connectivity index (χ1) is 11.3. The zero-order valence-corrected chi connectivity index (χ0v) is 18.1. The molecule has 1 atom stereocenters. The monoisotopic (exact) mass is 396 g/mol. The van der Waals surface area contributed by atoms with Gasteiger partial charge in [0.2, 0.25) is 5.91 Å². The van der Waals surface area contributed by atoms with Crippen LogP contribution in [0.1, 0.15) is 33.3 Å². The number of anilines is 1. The van der Waals surface area contributed by atoms with Gasteiger partial charge in [-0.3, -0.25) is 4.79 Å². The quantitative estimate of drug-likeness (QED) is 0.383.